The molecule has 0 unspecified atom stereocenters. The standard InChI is InChI=1S/C15H11F3O3/c1-2-21-14-4-3-8(5-10(14)15(19)20)9-6-12(17)13(18)7-11(9)16/h3-7H,2H2,1H3,(H,19,20). The number of hydrogen-bond acceptors (Lipinski definition) is 2. The quantitative estimate of drug-likeness (QED) is 0.871. The summed E-state index contributed by atoms with van der Waals surface area (Å²) in [4.78, 5) is 11.2. The zero-order valence-corrected chi connectivity index (χ0v) is 11.0. The molecule has 2 aromatic rings. The Bertz CT molecular complexity index is 699. The number of ether oxygens (including phenoxy) is 1. The molecule has 0 fully saturated rings. The Morgan fingerprint density at radius 2 is 1.76 bits per heavy atom. The van der Waals surface area contributed by atoms with Crippen LogP contribution in [0.3, 0.4) is 0 Å². The highest BCUT2D eigenvalue weighted by atomic mass is 19.2. The maximum Gasteiger partial charge on any atom is 0.339 e. The van der Waals surface area contributed by atoms with E-state index in [1.54, 1.807) is 6.92 Å². The van der Waals surface area contributed by atoms with Crippen molar-refractivity contribution in [3.63, 3.8) is 0 Å². The molecular weight excluding hydrogens is 285 g/mol. The lowest BCUT2D eigenvalue weighted by molar-refractivity contribution is 0.0692. The van der Waals surface area contributed by atoms with Crippen LogP contribution in [-0.2, 0) is 0 Å². The van der Waals surface area contributed by atoms with Gasteiger partial charge in [0.2, 0.25) is 0 Å². The monoisotopic (exact) mass is 296 g/mol. The van der Waals surface area contributed by atoms with Crippen molar-refractivity contribution in [2.45, 2.75) is 6.92 Å². The zero-order chi connectivity index (χ0) is 15.6. The summed E-state index contributed by atoms with van der Waals surface area (Å²) >= 11 is 0. The minimum absolute atomic E-state index is 0.118. The van der Waals surface area contributed by atoms with Gasteiger partial charge in [-0.25, -0.2) is 18.0 Å². The number of halogens is 3. The molecule has 0 radical (unpaired) electrons. The maximum absolute atomic E-state index is 13.7. The fraction of sp³-hybridized carbons (Fsp3) is 0.133. The summed E-state index contributed by atoms with van der Waals surface area (Å²) in [6, 6.07) is 4.99. The van der Waals surface area contributed by atoms with Crippen molar-refractivity contribution in [2.24, 2.45) is 0 Å². The molecule has 0 amide bonds. The van der Waals surface area contributed by atoms with Gasteiger partial charge in [0.1, 0.15) is 17.1 Å². The van der Waals surface area contributed by atoms with Gasteiger partial charge in [-0.1, -0.05) is 6.07 Å². The van der Waals surface area contributed by atoms with Crippen LogP contribution in [0.2, 0.25) is 0 Å². The van der Waals surface area contributed by atoms with Crippen molar-refractivity contribution >= 4 is 5.97 Å². The predicted molar refractivity (Wildman–Crippen MR) is 69.9 cm³/mol. The topological polar surface area (TPSA) is 46.5 Å². The van der Waals surface area contributed by atoms with Gasteiger partial charge in [0.15, 0.2) is 11.6 Å². The van der Waals surface area contributed by atoms with Crippen molar-refractivity contribution in [3.8, 4) is 16.9 Å². The van der Waals surface area contributed by atoms with Crippen LogP contribution in [0, 0.1) is 17.5 Å². The van der Waals surface area contributed by atoms with E-state index in [1.165, 1.54) is 12.1 Å². The third-order valence-electron chi connectivity index (χ3n) is 2.83. The molecule has 110 valence electrons. The first-order chi connectivity index (χ1) is 9.93. The number of carboxylic acid groups (broad SMARTS) is 1. The third-order valence-corrected chi connectivity index (χ3v) is 2.83. The molecule has 0 atom stereocenters. The van der Waals surface area contributed by atoms with Crippen LogP contribution in [0.15, 0.2) is 30.3 Å². The normalized spacial score (nSPS) is 10.5. The van der Waals surface area contributed by atoms with Gasteiger partial charge in [-0.3, -0.25) is 0 Å². The molecule has 0 bridgehead atoms. The summed E-state index contributed by atoms with van der Waals surface area (Å²) in [6.07, 6.45) is 0. The van der Waals surface area contributed by atoms with Crippen molar-refractivity contribution in [1.29, 1.82) is 0 Å². The van der Waals surface area contributed by atoms with Crippen LogP contribution in [-0.4, -0.2) is 17.7 Å². The van der Waals surface area contributed by atoms with Gasteiger partial charge in [-0.05, 0) is 30.7 Å². The number of carboxylic acids is 1. The van der Waals surface area contributed by atoms with Gasteiger partial charge in [0.05, 0.1) is 6.61 Å². The van der Waals surface area contributed by atoms with Gasteiger partial charge in [0, 0.05) is 11.6 Å². The van der Waals surface area contributed by atoms with E-state index < -0.39 is 23.4 Å². The minimum Gasteiger partial charge on any atom is -0.493 e. The average Bonchev–Trinajstić information content (AvgIpc) is 2.43. The molecule has 6 heteroatoms. The van der Waals surface area contributed by atoms with E-state index in [-0.39, 0.29) is 29.0 Å². The summed E-state index contributed by atoms with van der Waals surface area (Å²) in [6.45, 7) is 1.95. The summed E-state index contributed by atoms with van der Waals surface area (Å²) in [5.41, 5.74) is -0.287. The van der Waals surface area contributed by atoms with E-state index in [9.17, 15) is 18.0 Å². The van der Waals surface area contributed by atoms with E-state index >= 15 is 0 Å². The fourth-order valence-corrected chi connectivity index (χ4v) is 1.89. The summed E-state index contributed by atoms with van der Waals surface area (Å²) in [5.74, 6) is -4.63. The number of aromatic carboxylic acids is 1. The Morgan fingerprint density at radius 3 is 2.38 bits per heavy atom. The Kier molecular flexibility index (Phi) is 4.16. The second-order valence-electron chi connectivity index (χ2n) is 4.20. The van der Waals surface area contributed by atoms with Gasteiger partial charge in [-0.15, -0.1) is 0 Å². The van der Waals surface area contributed by atoms with E-state index in [0.717, 1.165) is 6.07 Å². The molecule has 0 aliphatic rings. The van der Waals surface area contributed by atoms with Gasteiger partial charge < -0.3 is 9.84 Å². The molecule has 3 nitrogen and oxygen atoms in total. The summed E-state index contributed by atoms with van der Waals surface area (Å²) < 4.78 is 45.0. The number of benzene rings is 2. The average molecular weight is 296 g/mol. The Balaban J connectivity index is 2.58. The Labute approximate surface area is 118 Å². The molecule has 0 aliphatic heterocycles. The zero-order valence-electron chi connectivity index (χ0n) is 11.0. The van der Waals surface area contributed by atoms with Crippen LogP contribution < -0.4 is 4.74 Å². The van der Waals surface area contributed by atoms with Crippen molar-refractivity contribution in [1.82, 2.24) is 0 Å². The highest BCUT2D eigenvalue weighted by Crippen LogP contribution is 2.30. The number of carbonyl (C=O) groups is 1. The van der Waals surface area contributed by atoms with Crippen LogP contribution in [0.1, 0.15) is 17.3 Å². The fourth-order valence-electron chi connectivity index (χ4n) is 1.89. The largest absolute Gasteiger partial charge is 0.493 e. The van der Waals surface area contributed by atoms with Gasteiger partial charge in [0.25, 0.3) is 0 Å². The molecule has 0 aromatic heterocycles. The van der Waals surface area contributed by atoms with E-state index in [4.69, 9.17) is 9.84 Å². The van der Waals surface area contributed by atoms with Crippen molar-refractivity contribution < 1.29 is 27.8 Å². The highest BCUT2D eigenvalue weighted by Gasteiger charge is 2.16. The van der Waals surface area contributed by atoms with Crippen molar-refractivity contribution in [3.05, 3.63) is 53.3 Å². The van der Waals surface area contributed by atoms with E-state index in [1.807, 2.05) is 0 Å². The first-order valence-corrected chi connectivity index (χ1v) is 6.09. The second kappa shape index (κ2) is 5.87. The molecule has 0 saturated heterocycles. The third kappa shape index (κ3) is 2.99. The smallest absolute Gasteiger partial charge is 0.339 e. The minimum atomic E-state index is -1.30. The lowest BCUT2D eigenvalue weighted by atomic mass is 10.0. The first-order valence-electron chi connectivity index (χ1n) is 6.09. The van der Waals surface area contributed by atoms with Crippen molar-refractivity contribution in [2.75, 3.05) is 6.61 Å². The van der Waals surface area contributed by atoms with Gasteiger partial charge in [-0.2, -0.15) is 0 Å². The van der Waals surface area contributed by atoms with E-state index in [0.29, 0.717) is 12.1 Å². The highest BCUT2D eigenvalue weighted by molar-refractivity contribution is 5.92. The van der Waals surface area contributed by atoms with Crippen LogP contribution >= 0.6 is 0 Å². The number of hydrogen-bond donors (Lipinski definition) is 1. The molecule has 0 aliphatic carbocycles. The van der Waals surface area contributed by atoms with Gasteiger partial charge >= 0.3 is 5.97 Å². The lowest BCUT2D eigenvalue weighted by Gasteiger charge is -2.10. The van der Waals surface area contributed by atoms with Crippen LogP contribution in [0.5, 0.6) is 5.75 Å². The maximum atomic E-state index is 13.7. The second-order valence-corrected chi connectivity index (χ2v) is 4.20. The lowest BCUT2D eigenvalue weighted by Crippen LogP contribution is -2.03. The molecular formula is C15H11F3O3. The van der Waals surface area contributed by atoms with Crippen LogP contribution in [0.25, 0.3) is 11.1 Å². The number of rotatable bonds is 4. The molecule has 2 rings (SSSR count). The molecule has 0 saturated carbocycles. The van der Waals surface area contributed by atoms with E-state index in [2.05, 4.69) is 0 Å². The first kappa shape index (κ1) is 14.9. The molecule has 21 heavy (non-hydrogen) atoms. The Hall–Kier alpha value is -2.50. The molecule has 1 N–H and O–H groups in total. The van der Waals surface area contributed by atoms with Crippen LogP contribution in [0.4, 0.5) is 13.2 Å². The Morgan fingerprint density at radius 1 is 1.10 bits per heavy atom. The summed E-state index contributed by atoms with van der Waals surface area (Å²) in [7, 11) is 0. The molecule has 2 aromatic carbocycles. The SMILES string of the molecule is CCOc1ccc(-c2cc(F)c(F)cc2F)cc1C(=O)O. The molecule has 0 heterocycles. The molecule has 0 spiro atoms. The summed E-state index contributed by atoms with van der Waals surface area (Å²) in [5, 5.41) is 9.12. The predicted octanol–water partition coefficient (Wildman–Crippen LogP) is 3.87.